The van der Waals surface area contributed by atoms with Crippen LogP contribution < -0.4 is 15.0 Å². The molecule has 7 nitrogen and oxygen atoms in total. The Bertz CT molecular complexity index is 988. The maximum Gasteiger partial charge on any atom is 0.335 e. The Morgan fingerprint density at radius 1 is 1.19 bits per heavy atom. The molecule has 0 saturated carbocycles. The summed E-state index contributed by atoms with van der Waals surface area (Å²) in [5.74, 6) is -2.57. The number of ether oxygens (including phenoxy) is 1. The number of benzene rings is 2. The number of barbiturate groups is 1. The minimum Gasteiger partial charge on any atom is -0.503 e. The van der Waals surface area contributed by atoms with Crippen LogP contribution in [0.3, 0.4) is 0 Å². The number of aromatic hydroxyl groups is 1. The molecule has 1 heterocycles. The quantitative estimate of drug-likeness (QED) is 0.620. The lowest BCUT2D eigenvalue weighted by Crippen LogP contribution is -2.54. The fourth-order valence-electron chi connectivity index (χ4n) is 2.48. The van der Waals surface area contributed by atoms with E-state index in [1.807, 2.05) is 5.32 Å². The van der Waals surface area contributed by atoms with Crippen LogP contribution in [0.5, 0.6) is 11.5 Å². The first-order chi connectivity index (χ1) is 12.8. The molecule has 1 saturated heterocycles. The van der Waals surface area contributed by atoms with Crippen LogP contribution in [0.2, 0.25) is 5.02 Å². The Kier molecular flexibility index (Phi) is 4.83. The zero-order chi connectivity index (χ0) is 19.7. The van der Waals surface area contributed by atoms with Gasteiger partial charge in [-0.1, -0.05) is 11.6 Å². The number of imide groups is 2. The van der Waals surface area contributed by atoms with Crippen molar-refractivity contribution in [2.45, 2.75) is 0 Å². The molecule has 1 fully saturated rings. The number of hydrogen-bond donors (Lipinski definition) is 2. The number of urea groups is 1. The van der Waals surface area contributed by atoms with Crippen molar-refractivity contribution >= 4 is 41.2 Å². The van der Waals surface area contributed by atoms with Crippen LogP contribution in [-0.4, -0.2) is 30.1 Å². The van der Waals surface area contributed by atoms with Gasteiger partial charge in [-0.15, -0.1) is 0 Å². The highest BCUT2D eigenvalue weighted by Crippen LogP contribution is 2.35. The number of phenols is 1. The summed E-state index contributed by atoms with van der Waals surface area (Å²) >= 11 is 5.91. The predicted octanol–water partition coefficient (Wildman–Crippen LogP) is 2.86. The van der Waals surface area contributed by atoms with E-state index in [0.717, 1.165) is 12.1 Å². The fraction of sp³-hybridized carbons (Fsp3) is 0.0556. The van der Waals surface area contributed by atoms with Gasteiger partial charge in [0, 0.05) is 0 Å². The van der Waals surface area contributed by atoms with Gasteiger partial charge in [-0.05, 0) is 48.0 Å². The Morgan fingerprint density at radius 3 is 2.48 bits per heavy atom. The van der Waals surface area contributed by atoms with E-state index < -0.39 is 23.7 Å². The molecule has 0 aromatic heterocycles. The van der Waals surface area contributed by atoms with Crippen LogP contribution in [0.15, 0.2) is 42.0 Å². The maximum absolute atomic E-state index is 13.1. The van der Waals surface area contributed by atoms with Crippen LogP contribution in [0.1, 0.15) is 5.56 Å². The summed E-state index contributed by atoms with van der Waals surface area (Å²) in [7, 11) is 1.32. The monoisotopic (exact) mass is 390 g/mol. The molecule has 2 aromatic rings. The van der Waals surface area contributed by atoms with Crippen molar-refractivity contribution in [2.75, 3.05) is 12.0 Å². The fourth-order valence-corrected chi connectivity index (χ4v) is 2.70. The SMILES string of the molecule is COc1cc(/C=C2\C(=O)NC(=O)N(c3ccc(F)cc3)C2=O)cc(Cl)c1O. The third kappa shape index (κ3) is 3.47. The zero-order valence-corrected chi connectivity index (χ0v) is 14.6. The third-order valence-electron chi connectivity index (χ3n) is 3.77. The molecule has 4 amide bonds. The zero-order valence-electron chi connectivity index (χ0n) is 13.8. The van der Waals surface area contributed by atoms with Gasteiger partial charge in [0.15, 0.2) is 11.5 Å². The van der Waals surface area contributed by atoms with Crippen molar-refractivity contribution in [1.82, 2.24) is 5.32 Å². The molecule has 3 rings (SSSR count). The molecule has 0 aliphatic carbocycles. The largest absolute Gasteiger partial charge is 0.503 e. The Balaban J connectivity index is 2.04. The molecule has 1 aliphatic rings. The first kappa shape index (κ1) is 18.4. The minimum atomic E-state index is -0.949. The second kappa shape index (κ2) is 7.08. The summed E-state index contributed by atoms with van der Waals surface area (Å²) in [6.45, 7) is 0. The topological polar surface area (TPSA) is 95.9 Å². The van der Waals surface area contributed by atoms with E-state index in [4.69, 9.17) is 16.3 Å². The molecule has 0 radical (unpaired) electrons. The molecule has 1 aliphatic heterocycles. The van der Waals surface area contributed by atoms with E-state index in [9.17, 15) is 23.9 Å². The number of carbonyl (C=O) groups excluding carboxylic acids is 3. The number of rotatable bonds is 3. The molecule has 0 unspecified atom stereocenters. The average molecular weight is 391 g/mol. The summed E-state index contributed by atoms with van der Waals surface area (Å²) in [5.41, 5.74) is 0.0444. The van der Waals surface area contributed by atoms with Crippen molar-refractivity contribution in [1.29, 1.82) is 0 Å². The minimum absolute atomic E-state index is 0.0451. The molecule has 0 spiro atoms. The van der Waals surface area contributed by atoms with E-state index in [-0.39, 0.29) is 27.8 Å². The number of amides is 4. The highest BCUT2D eigenvalue weighted by Gasteiger charge is 2.36. The number of anilines is 1. The van der Waals surface area contributed by atoms with Gasteiger partial charge in [-0.3, -0.25) is 14.9 Å². The number of methoxy groups -OCH3 is 1. The van der Waals surface area contributed by atoms with Crippen LogP contribution >= 0.6 is 11.6 Å². The van der Waals surface area contributed by atoms with Crippen LogP contribution in [0, 0.1) is 5.82 Å². The van der Waals surface area contributed by atoms with E-state index in [1.54, 1.807) is 0 Å². The van der Waals surface area contributed by atoms with Gasteiger partial charge in [-0.2, -0.15) is 0 Å². The lowest BCUT2D eigenvalue weighted by Gasteiger charge is -2.26. The molecular weight excluding hydrogens is 379 g/mol. The number of nitrogens with zero attached hydrogens (tertiary/aromatic N) is 1. The normalized spacial score (nSPS) is 15.9. The summed E-state index contributed by atoms with van der Waals surface area (Å²) < 4.78 is 18.1. The number of halogens is 2. The first-order valence-electron chi connectivity index (χ1n) is 7.55. The highest BCUT2D eigenvalue weighted by atomic mass is 35.5. The predicted molar refractivity (Wildman–Crippen MR) is 95.1 cm³/mol. The molecule has 0 bridgehead atoms. The van der Waals surface area contributed by atoms with Gasteiger partial charge in [0.2, 0.25) is 0 Å². The number of phenolic OH excluding ortho intramolecular Hbond substituents is 1. The van der Waals surface area contributed by atoms with Gasteiger partial charge in [0.25, 0.3) is 11.8 Å². The van der Waals surface area contributed by atoms with E-state index in [2.05, 4.69) is 0 Å². The van der Waals surface area contributed by atoms with Crippen molar-refractivity contribution in [2.24, 2.45) is 0 Å². The van der Waals surface area contributed by atoms with E-state index in [1.165, 1.54) is 37.5 Å². The molecule has 9 heteroatoms. The molecule has 27 heavy (non-hydrogen) atoms. The summed E-state index contributed by atoms with van der Waals surface area (Å²) in [6, 6.07) is 6.39. The highest BCUT2D eigenvalue weighted by molar-refractivity contribution is 6.39. The van der Waals surface area contributed by atoms with Crippen molar-refractivity contribution in [3.63, 3.8) is 0 Å². The number of carbonyl (C=O) groups is 3. The standard InChI is InChI=1S/C18H12ClFN2O5/c1-27-14-8-9(7-13(19)15(14)23)6-12-16(24)21-18(26)22(17(12)25)11-4-2-10(20)3-5-11/h2-8,23H,1H3,(H,21,24,26)/b12-6+. The van der Waals surface area contributed by atoms with Gasteiger partial charge < -0.3 is 9.84 Å². The van der Waals surface area contributed by atoms with Crippen molar-refractivity contribution in [3.05, 3.63) is 58.4 Å². The summed E-state index contributed by atoms with van der Waals surface area (Å²) in [4.78, 5) is 37.6. The number of hydrogen-bond acceptors (Lipinski definition) is 5. The lowest BCUT2D eigenvalue weighted by molar-refractivity contribution is -0.122. The molecule has 138 valence electrons. The van der Waals surface area contributed by atoms with Gasteiger partial charge in [0.1, 0.15) is 11.4 Å². The molecule has 2 aromatic carbocycles. The second-order valence-electron chi connectivity index (χ2n) is 5.49. The van der Waals surface area contributed by atoms with Crippen molar-refractivity contribution in [3.8, 4) is 11.5 Å². The lowest BCUT2D eigenvalue weighted by atomic mass is 10.1. The molecule has 2 N–H and O–H groups in total. The molecule has 0 atom stereocenters. The molecular formula is C18H12ClFN2O5. The van der Waals surface area contributed by atoms with E-state index in [0.29, 0.717) is 10.5 Å². The van der Waals surface area contributed by atoms with Gasteiger partial charge in [-0.25, -0.2) is 14.1 Å². The first-order valence-corrected chi connectivity index (χ1v) is 7.93. The Labute approximate surface area is 157 Å². The van der Waals surface area contributed by atoms with Gasteiger partial charge in [0.05, 0.1) is 17.8 Å². The maximum atomic E-state index is 13.1. The van der Waals surface area contributed by atoms with Crippen LogP contribution in [-0.2, 0) is 9.59 Å². The van der Waals surface area contributed by atoms with Crippen molar-refractivity contribution < 1.29 is 28.6 Å². The summed E-state index contributed by atoms with van der Waals surface area (Å²) in [5, 5.41) is 11.8. The Morgan fingerprint density at radius 2 is 1.85 bits per heavy atom. The van der Waals surface area contributed by atoms with Crippen LogP contribution in [0.25, 0.3) is 6.08 Å². The van der Waals surface area contributed by atoms with Crippen LogP contribution in [0.4, 0.5) is 14.9 Å². The van der Waals surface area contributed by atoms with E-state index >= 15 is 0 Å². The van der Waals surface area contributed by atoms with Gasteiger partial charge >= 0.3 is 6.03 Å². The number of nitrogens with one attached hydrogen (secondary N) is 1. The second-order valence-corrected chi connectivity index (χ2v) is 5.90. The summed E-state index contributed by atoms with van der Waals surface area (Å²) in [6.07, 6.45) is 1.20. The third-order valence-corrected chi connectivity index (χ3v) is 4.06. The Hall–Kier alpha value is -3.39. The smallest absolute Gasteiger partial charge is 0.335 e. The average Bonchev–Trinajstić information content (AvgIpc) is 2.62.